The second-order valence-electron chi connectivity index (χ2n) is 4.20. The van der Waals surface area contributed by atoms with Gasteiger partial charge in [0.1, 0.15) is 11.5 Å². The van der Waals surface area contributed by atoms with Crippen molar-refractivity contribution >= 4 is 12.2 Å². The van der Waals surface area contributed by atoms with Crippen LogP contribution in [-0.4, -0.2) is 21.0 Å². The molecule has 0 saturated carbocycles. The molecular formula is C17H18O3. The lowest BCUT2D eigenvalue weighted by molar-refractivity contribution is 0.0511. The molecule has 0 bridgehead atoms. The second kappa shape index (κ2) is 7.36. The standard InChI is InChI=1S/C17H18O3/c1-18-13-20-16-8-5-6-14(12-16)10-11-15-7-3-4-9-17(15)19-2/h3-12H,13H2,1-2H3/b11-10+. The lowest BCUT2D eigenvalue weighted by atomic mass is 10.1. The predicted octanol–water partition coefficient (Wildman–Crippen LogP) is 3.85. The van der Waals surface area contributed by atoms with Crippen molar-refractivity contribution in [2.75, 3.05) is 21.0 Å². The quantitative estimate of drug-likeness (QED) is 0.589. The Morgan fingerprint density at radius 3 is 2.60 bits per heavy atom. The molecule has 0 saturated heterocycles. The third-order valence-electron chi connectivity index (χ3n) is 2.80. The number of benzene rings is 2. The number of hydrogen-bond acceptors (Lipinski definition) is 3. The zero-order chi connectivity index (χ0) is 14.2. The van der Waals surface area contributed by atoms with Crippen molar-refractivity contribution in [2.24, 2.45) is 0 Å². The monoisotopic (exact) mass is 270 g/mol. The third kappa shape index (κ3) is 3.87. The first-order valence-electron chi connectivity index (χ1n) is 6.36. The SMILES string of the molecule is COCOc1cccc(/C=C/c2ccccc2OC)c1. The van der Waals surface area contributed by atoms with E-state index in [1.54, 1.807) is 14.2 Å². The molecule has 2 aromatic rings. The van der Waals surface area contributed by atoms with Gasteiger partial charge in [-0.1, -0.05) is 42.5 Å². The van der Waals surface area contributed by atoms with Gasteiger partial charge in [-0.15, -0.1) is 0 Å². The van der Waals surface area contributed by atoms with E-state index in [4.69, 9.17) is 14.2 Å². The van der Waals surface area contributed by atoms with Crippen LogP contribution in [0.2, 0.25) is 0 Å². The van der Waals surface area contributed by atoms with Crippen LogP contribution in [0.3, 0.4) is 0 Å². The summed E-state index contributed by atoms with van der Waals surface area (Å²) in [6.45, 7) is 0.250. The van der Waals surface area contributed by atoms with Gasteiger partial charge in [-0.3, -0.25) is 0 Å². The van der Waals surface area contributed by atoms with Crippen molar-refractivity contribution in [1.82, 2.24) is 0 Å². The fraction of sp³-hybridized carbons (Fsp3) is 0.176. The van der Waals surface area contributed by atoms with Gasteiger partial charge in [-0.25, -0.2) is 0 Å². The molecular weight excluding hydrogens is 252 g/mol. The van der Waals surface area contributed by atoms with Crippen molar-refractivity contribution in [2.45, 2.75) is 0 Å². The van der Waals surface area contributed by atoms with Crippen LogP contribution in [0.1, 0.15) is 11.1 Å². The number of hydrogen-bond donors (Lipinski definition) is 0. The highest BCUT2D eigenvalue weighted by Gasteiger charge is 1.98. The molecule has 0 radical (unpaired) electrons. The normalized spacial score (nSPS) is 10.7. The summed E-state index contributed by atoms with van der Waals surface area (Å²) >= 11 is 0. The van der Waals surface area contributed by atoms with Crippen molar-refractivity contribution < 1.29 is 14.2 Å². The Hall–Kier alpha value is -2.26. The van der Waals surface area contributed by atoms with Crippen LogP contribution >= 0.6 is 0 Å². The van der Waals surface area contributed by atoms with E-state index >= 15 is 0 Å². The van der Waals surface area contributed by atoms with E-state index in [9.17, 15) is 0 Å². The van der Waals surface area contributed by atoms with Crippen LogP contribution in [0.5, 0.6) is 11.5 Å². The Bertz CT molecular complexity index is 576. The largest absolute Gasteiger partial charge is 0.496 e. The van der Waals surface area contributed by atoms with E-state index < -0.39 is 0 Å². The van der Waals surface area contributed by atoms with Crippen molar-refractivity contribution in [3.63, 3.8) is 0 Å². The molecule has 0 heterocycles. The van der Waals surface area contributed by atoms with Crippen LogP contribution in [-0.2, 0) is 4.74 Å². The Kier molecular flexibility index (Phi) is 5.21. The molecule has 2 rings (SSSR count). The Morgan fingerprint density at radius 2 is 1.80 bits per heavy atom. The first kappa shape index (κ1) is 14.2. The molecule has 20 heavy (non-hydrogen) atoms. The van der Waals surface area contributed by atoms with E-state index in [1.807, 2.05) is 60.7 Å². The lowest BCUT2D eigenvalue weighted by Gasteiger charge is -2.05. The first-order valence-corrected chi connectivity index (χ1v) is 6.36. The van der Waals surface area contributed by atoms with Gasteiger partial charge < -0.3 is 14.2 Å². The first-order chi connectivity index (χ1) is 9.83. The van der Waals surface area contributed by atoms with Crippen LogP contribution < -0.4 is 9.47 Å². The van der Waals surface area contributed by atoms with Gasteiger partial charge in [-0.2, -0.15) is 0 Å². The average Bonchev–Trinajstić information content (AvgIpc) is 2.51. The highest BCUT2D eigenvalue weighted by atomic mass is 16.7. The van der Waals surface area contributed by atoms with Crippen LogP contribution in [0.25, 0.3) is 12.2 Å². The smallest absolute Gasteiger partial charge is 0.188 e. The topological polar surface area (TPSA) is 27.7 Å². The predicted molar refractivity (Wildman–Crippen MR) is 80.9 cm³/mol. The van der Waals surface area contributed by atoms with Gasteiger partial charge >= 0.3 is 0 Å². The number of para-hydroxylation sites is 1. The van der Waals surface area contributed by atoms with Gasteiger partial charge in [0.15, 0.2) is 6.79 Å². The molecule has 0 N–H and O–H groups in total. The summed E-state index contributed by atoms with van der Waals surface area (Å²) in [6.07, 6.45) is 4.05. The molecule has 0 unspecified atom stereocenters. The lowest BCUT2D eigenvalue weighted by Crippen LogP contribution is -1.98. The number of rotatable bonds is 6. The zero-order valence-electron chi connectivity index (χ0n) is 11.7. The summed E-state index contributed by atoms with van der Waals surface area (Å²) in [4.78, 5) is 0. The highest BCUT2D eigenvalue weighted by Crippen LogP contribution is 2.21. The van der Waals surface area contributed by atoms with Crippen LogP contribution in [0.4, 0.5) is 0 Å². The molecule has 0 fully saturated rings. The molecule has 0 aromatic heterocycles. The minimum Gasteiger partial charge on any atom is -0.496 e. The molecule has 3 nitrogen and oxygen atoms in total. The minimum atomic E-state index is 0.250. The molecule has 0 aliphatic carbocycles. The fourth-order valence-corrected chi connectivity index (χ4v) is 1.83. The van der Waals surface area contributed by atoms with Crippen LogP contribution in [0, 0.1) is 0 Å². The fourth-order valence-electron chi connectivity index (χ4n) is 1.83. The molecule has 3 heteroatoms. The highest BCUT2D eigenvalue weighted by molar-refractivity contribution is 5.72. The third-order valence-corrected chi connectivity index (χ3v) is 2.80. The van der Waals surface area contributed by atoms with E-state index in [1.165, 1.54) is 0 Å². The van der Waals surface area contributed by atoms with Gasteiger partial charge in [0.25, 0.3) is 0 Å². The van der Waals surface area contributed by atoms with E-state index in [2.05, 4.69) is 0 Å². The molecule has 0 spiro atoms. The summed E-state index contributed by atoms with van der Waals surface area (Å²) < 4.78 is 15.6. The van der Waals surface area contributed by atoms with E-state index in [0.717, 1.165) is 22.6 Å². The van der Waals surface area contributed by atoms with Gasteiger partial charge in [0, 0.05) is 12.7 Å². The van der Waals surface area contributed by atoms with Gasteiger partial charge in [0.2, 0.25) is 0 Å². The number of ether oxygens (including phenoxy) is 3. The van der Waals surface area contributed by atoms with Crippen molar-refractivity contribution in [1.29, 1.82) is 0 Å². The van der Waals surface area contributed by atoms with E-state index in [-0.39, 0.29) is 6.79 Å². The van der Waals surface area contributed by atoms with E-state index in [0.29, 0.717) is 0 Å². The Labute approximate surface area is 119 Å². The van der Waals surface area contributed by atoms with Gasteiger partial charge in [-0.05, 0) is 23.8 Å². The minimum absolute atomic E-state index is 0.250. The summed E-state index contributed by atoms with van der Waals surface area (Å²) in [5.41, 5.74) is 2.10. The molecule has 0 atom stereocenters. The Balaban J connectivity index is 2.14. The summed E-state index contributed by atoms with van der Waals surface area (Å²) in [6, 6.07) is 15.7. The molecule has 0 amide bonds. The van der Waals surface area contributed by atoms with Crippen molar-refractivity contribution in [3.8, 4) is 11.5 Å². The van der Waals surface area contributed by atoms with Crippen molar-refractivity contribution in [3.05, 3.63) is 59.7 Å². The maximum absolute atomic E-state index is 5.41. The van der Waals surface area contributed by atoms with Gasteiger partial charge in [0.05, 0.1) is 7.11 Å². The average molecular weight is 270 g/mol. The molecule has 0 aliphatic heterocycles. The molecule has 104 valence electrons. The maximum Gasteiger partial charge on any atom is 0.188 e. The Morgan fingerprint density at radius 1 is 0.950 bits per heavy atom. The maximum atomic E-state index is 5.41. The molecule has 2 aromatic carbocycles. The number of methoxy groups -OCH3 is 2. The second-order valence-corrected chi connectivity index (χ2v) is 4.20. The summed E-state index contributed by atoms with van der Waals surface area (Å²) in [5.74, 6) is 1.64. The summed E-state index contributed by atoms with van der Waals surface area (Å²) in [7, 11) is 3.28. The molecule has 0 aliphatic rings. The summed E-state index contributed by atoms with van der Waals surface area (Å²) in [5, 5.41) is 0. The zero-order valence-corrected chi connectivity index (χ0v) is 11.7. The van der Waals surface area contributed by atoms with Crippen LogP contribution in [0.15, 0.2) is 48.5 Å².